The third-order valence-corrected chi connectivity index (χ3v) is 6.05. The SMILES string of the molecule is CNCC1CCN(C(=O)c2sc(C)c(Br)c2OC)CC1.Cl. The van der Waals surface area contributed by atoms with E-state index in [1.165, 1.54) is 11.3 Å². The predicted octanol–water partition coefficient (Wildman–Crippen LogP) is 3.32. The van der Waals surface area contributed by atoms with Gasteiger partial charge in [-0.3, -0.25) is 4.79 Å². The van der Waals surface area contributed by atoms with Gasteiger partial charge in [0.25, 0.3) is 5.91 Å². The molecule has 0 unspecified atom stereocenters. The van der Waals surface area contributed by atoms with Crippen molar-refractivity contribution in [3.63, 3.8) is 0 Å². The molecule has 2 rings (SSSR count). The molecule has 0 spiro atoms. The number of piperidine rings is 1. The molecule has 1 aromatic heterocycles. The van der Waals surface area contributed by atoms with Crippen LogP contribution >= 0.6 is 39.7 Å². The highest BCUT2D eigenvalue weighted by molar-refractivity contribution is 9.10. The predicted molar refractivity (Wildman–Crippen MR) is 93.1 cm³/mol. The minimum absolute atomic E-state index is 0. The summed E-state index contributed by atoms with van der Waals surface area (Å²) >= 11 is 4.99. The molecule has 4 nitrogen and oxygen atoms in total. The number of ether oxygens (including phenoxy) is 1. The van der Waals surface area contributed by atoms with Crippen molar-refractivity contribution in [1.82, 2.24) is 10.2 Å². The molecule has 120 valence electrons. The molecule has 1 saturated heterocycles. The number of likely N-dealkylation sites (tertiary alicyclic amines) is 1. The Morgan fingerprint density at radius 3 is 2.62 bits per heavy atom. The van der Waals surface area contributed by atoms with E-state index in [2.05, 4.69) is 21.2 Å². The van der Waals surface area contributed by atoms with E-state index in [0.29, 0.717) is 16.5 Å². The number of carbonyl (C=O) groups is 1. The van der Waals surface area contributed by atoms with Crippen molar-refractivity contribution in [3.05, 3.63) is 14.2 Å². The number of hydrogen-bond donors (Lipinski definition) is 1. The number of methoxy groups -OCH3 is 1. The molecule has 0 bridgehead atoms. The van der Waals surface area contributed by atoms with Gasteiger partial charge in [-0.1, -0.05) is 0 Å². The Kier molecular flexibility index (Phi) is 7.47. The fourth-order valence-corrected chi connectivity index (χ4v) is 4.32. The van der Waals surface area contributed by atoms with Gasteiger partial charge in [0, 0.05) is 18.0 Å². The molecule has 1 N–H and O–H groups in total. The Balaban J connectivity index is 0.00000220. The number of nitrogens with zero attached hydrogens (tertiary/aromatic N) is 1. The Labute approximate surface area is 144 Å². The van der Waals surface area contributed by atoms with Crippen molar-refractivity contribution in [2.45, 2.75) is 19.8 Å². The highest BCUT2D eigenvalue weighted by atomic mass is 79.9. The van der Waals surface area contributed by atoms with E-state index in [0.717, 1.165) is 41.8 Å². The summed E-state index contributed by atoms with van der Waals surface area (Å²) in [5, 5.41) is 3.21. The number of thiophene rings is 1. The average molecular weight is 398 g/mol. The fraction of sp³-hybridized carbons (Fsp3) is 0.643. The van der Waals surface area contributed by atoms with Crippen molar-refractivity contribution < 1.29 is 9.53 Å². The van der Waals surface area contributed by atoms with Gasteiger partial charge in [0.2, 0.25) is 0 Å². The fourth-order valence-electron chi connectivity index (χ4n) is 2.60. The van der Waals surface area contributed by atoms with Crippen LogP contribution < -0.4 is 10.1 Å². The second kappa shape index (κ2) is 8.36. The third kappa shape index (κ3) is 4.12. The summed E-state index contributed by atoms with van der Waals surface area (Å²) < 4.78 is 6.28. The van der Waals surface area contributed by atoms with Crippen LogP contribution in [0.2, 0.25) is 0 Å². The van der Waals surface area contributed by atoms with Crippen molar-refractivity contribution in [2.75, 3.05) is 33.8 Å². The molecule has 21 heavy (non-hydrogen) atoms. The lowest BCUT2D eigenvalue weighted by atomic mass is 9.97. The topological polar surface area (TPSA) is 41.6 Å². The second-order valence-corrected chi connectivity index (χ2v) is 7.15. The minimum Gasteiger partial charge on any atom is -0.494 e. The first kappa shape index (κ1) is 18.7. The standard InChI is InChI=1S/C14H21BrN2O2S.ClH/c1-9-11(15)12(19-3)13(20-9)14(18)17-6-4-10(5-7-17)8-16-2;/h10,16H,4-8H2,1-3H3;1H. The van der Waals surface area contributed by atoms with E-state index in [4.69, 9.17) is 4.74 Å². The molecule has 1 aromatic rings. The Morgan fingerprint density at radius 1 is 1.48 bits per heavy atom. The average Bonchev–Trinajstić information content (AvgIpc) is 2.75. The Hall–Kier alpha value is -0.300. The number of hydrogen-bond acceptors (Lipinski definition) is 4. The van der Waals surface area contributed by atoms with E-state index in [1.807, 2.05) is 18.9 Å². The molecule has 0 radical (unpaired) electrons. The van der Waals surface area contributed by atoms with Crippen LogP contribution in [0.5, 0.6) is 5.75 Å². The van der Waals surface area contributed by atoms with Crippen LogP contribution in [0.15, 0.2) is 4.47 Å². The summed E-state index contributed by atoms with van der Waals surface area (Å²) in [5.74, 6) is 1.46. The van der Waals surface area contributed by atoms with E-state index in [1.54, 1.807) is 7.11 Å². The molecular weight excluding hydrogens is 376 g/mol. The minimum atomic E-state index is 0. The van der Waals surface area contributed by atoms with Gasteiger partial charge in [0.15, 0.2) is 5.75 Å². The van der Waals surface area contributed by atoms with Gasteiger partial charge in [-0.15, -0.1) is 23.7 Å². The molecule has 1 aliphatic heterocycles. The number of aryl methyl sites for hydroxylation is 1. The van der Waals surface area contributed by atoms with Crippen molar-refractivity contribution in [3.8, 4) is 5.75 Å². The Morgan fingerprint density at radius 2 is 2.10 bits per heavy atom. The van der Waals surface area contributed by atoms with Crippen molar-refractivity contribution in [1.29, 1.82) is 0 Å². The quantitative estimate of drug-likeness (QED) is 0.847. The van der Waals surface area contributed by atoms with Crippen LogP contribution in [0.4, 0.5) is 0 Å². The van der Waals surface area contributed by atoms with E-state index in [9.17, 15) is 4.79 Å². The van der Waals surface area contributed by atoms with Gasteiger partial charge >= 0.3 is 0 Å². The van der Waals surface area contributed by atoms with Gasteiger partial charge in [-0.2, -0.15) is 0 Å². The van der Waals surface area contributed by atoms with Crippen LogP contribution in [0.25, 0.3) is 0 Å². The molecule has 0 aliphatic carbocycles. The summed E-state index contributed by atoms with van der Waals surface area (Å²) in [4.78, 5) is 16.4. The van der Waals surface area contributed by atoms with E-state index < -0.39 is 0 Å². The van der Waals surface area contributed by atoms with Gasteiger partial charge < -0.3 is 15.0 Å². The summed E-state index contributed by atoms with van der Waals surface area (Å²) in [6.45, 7) is 4.70. The van der Waals surface area contributed by atoms with Crippen molar-refractivity contribution >= 4 is 45.6 Å². The molecule has 2 heterocycles. The number of amides is 1. The molecular formula is C14H22BrClN2O2S. The van der Waals surface area contributed by atoms with Crippen LogP contribution in [-0.4, -0.2) is 44.6 Å². The zero-order chi connectivity index (χ0) is 14.7. The second-order valence-electron chi connectivity index (χ2n) is 5.13. The Bertz CT molecular complexity index is 488. The van der Waals surface area contributed by atoms with Gasteiger partial charge in [0.1, 0.15) is 4.88 Å². The molecule has 0 atom stereocenters. The highest BCUT2D eigenvalue weighted by Gasteiger charge is 2.28. The van der Waals surface area contributed by atoms with E-state index >= 15 is 0 Å². The molecule has 1 fully saturated rings. The number of halogens is 2. The summed E-state index contributed by atoms with van der Waals surface area (Å²) in [7, 11) is 3.59. The number of nitrogens with one attached hydrogen (secondary N) is 1. The lowest BCUT2D eigenvalue weighted by molar-refractivity contribution is 0.0693. The highest BCUT2D eigenvalue weighted by Crippen LogP contribution is 2.40. The lowest BCUT2D eigenvalue weighted by Crippen LogP contribution is -2.40. The van der Waals surface area contributed by atoms with Crippen molar-refractivity contribution in [2.24, 2.45) is 5.92 Å². The van der Waals surface area contributed by atoms with Gasteiger partial charge in [0.05, 0.1) is 11.6 Å². The maximum Gasteiger partial charge on any atom is 0.267 e. The number of rotatable bonds is 4. The first-order valence-electron chi connectivity index (χ1n) is 6.85. The largest absolute Gasteiger partial charge is 0.494 e. The summed E-state index contributed by atoms with van der Waals surface area (Å²) in [6, 6.07) is 0. The zero-order valence-electron chi connectivity index (χ0n) is 12.6. The summed E-state index contributed by atoms with van der Waals surface area (Å²) in [6.07, 6.45) is 2.14. The number of carbonyl (C=O) groups excluding carboxylic acids is 1. The normalized spacial score (nSPS) is 15.7. The first-order chi connectivity index (χ1) is 9.58. The van der Waals surface area contributed by atoms with Crippen LogP contribution in [0.3, 0.4) is 0 Å². The maximum atomic E-state index is 12.6. The van der Waals surface area contributed by atoms with E-state index in [-0.39, 0.29) is 18.3 Å². The summed E-state index contributed by atoms with van der Waals surface area (Å²) in [5.41, 5.74) is 0. The lowest BCUT2D eigenvalue weighted by Gasteiger charge is -2.31. The zero-order valence-corrected chi connectivity index (χ0v) is 15.8. The molecule has 1 aliphatic rings. The smallest absolute Gasteiger partial charge is 0.267 e. The molecule has 0 saturated carbocycles. The molecule has 1 amide bonds. The monoisotopic (exact) mass is 396 g/mol. The van der Waals surface area contributed by atoms with Gasteiger partial charge in [-0.25, -0.2) is 0 Å². The van der Waals surface area contributed by atoms with Crippen LogP contribution in [-0.2, 0) is 0 Å². The van der Waals surface area contributed by atoms with Gasteiger partial charge in [-0.05, 0) is 55.2 Å². The molecule has 0 aromatic carbocycles. The van der Waals surface area contributed by atoms with Crippen LogP contribution in [0.1, 0.15) is 27.4 Å². The molecule has 7 heteroatoms. The van der Waals surface area contributed by atoms with Crippen LogP contribution in [0, 0.1) is 12.8 Å². The first-order valence-corrected chi connectivity index (χ1v) is 8.46. The maximum absolute atomic E-state index is 12.6. The third-order valence-electron chi connectivity index (χ3n) is 3.76.